The fraction of sp³-hybridized carbons (Fsp3) is 0.714. The number of carboxylic acid groups (broad SMARTS) is 1. The topological polar surface area (TPSA) is 66.6 Å². The molecule has 1 aromatic rings. The summed E-state index contributed by atoms with van der Waals surface area (Å²) < 4.78 is 5.82. The Hall–Kier alpha value is -1.36. The van der Waals surface area contributed by atoms with Crippen molar-refractivity contribution in [1.29, 1.82) is 0 Å². The lowest BCUT2D eigenvalue weighted by Crippen LogP contribution is -2.26. The van der Waals surface area contributed by atoms with Crippen molar-refractivity contribution < 1.29 is 14.3 Å². The summed E-state index contributed by atoms with van der Waals surface area (Å²) in [6.07, 6.45) is 2.48. The van der Waals surface area contributed by atoms with E-state index in [4.69, 9.17) is 9.52 Å². The van der Waals surface area contributed by atoms with Gasteiger partial charge in [0.25, 0.3) is 0 Å². The minimum atomic E-state index is -0.711. The fourth-order valence-electron chi connectivity index (χ4n) is 2.32. The molecule has 1 aliphatic rings. The monoisotopic (exact) mass is 266 g/mol. The maximum absolute atomic E-state index is 11.0. The van der Waals surface area contributed by atoms with Gasteiger partial charge in [-0.05, 0) is 19.9 Å². The predicted octanol–water partition coefficient (Wildman–Crippen LogP) is 2.44. The summed E-state index contributed by atoms with van der Waals surface area (Å²) in [7, 11) is 0. The van der Waals surface area contributed by atoms with E-state index in [-0.39, 0.29) is 17.4 Å². The molecule has 0 saturated carbocycles. The summed E-state index contributed by atoms with van der Waals surface area (Å²) >= 11 is 0. The molecule has 0 amide bonds. The molecule has 0 bridgehead atoms. The molecule has 1 N–H and O–H groups in total. The molecular formula is C14H22N2O3. The molecule has 5 heteroatoms. The molecule has 0 radical (unpaired) electrons. The largest absolute Gasteiger partial charge is 0.481 e. The van der Waals surface area contributed by atoms with Crippen molar-refractivity contribution in [2.75, 3.05) is 13.1 Å². The molecule has 1 saturated heterocycles. The standard InChI is InChI=1S/C14H22N2O3/c1-9(16-6-5-10(8-16)13(17)18)12-15-7-11(19-12)14(2,3)4/h7,9-10H,5-6,8H2,1-4H3,(H,17,18). The SMILES string of the molecule is CC(c1ncc(C(C)(C)C)o1)N1CCC(C(=O)O)C1. The third kappa shape index (κ3) is 2.97. The Morgan fingerprint density at radius 1 is 1.58 bits per heavy atom. The van der Waals surface area contributed by atoms with E-state index in [0.29, 0.717) is 18.9 Å². The zero-order valence-electron chi connectivity index (χ0n) is 12.0. The van der Waals surface area contributed by atoms with Crippen molar-refractivity contribution in [3.05, 3.63) is 17.8 Å². The van der Waals surface area contributed by atoms with Crippen molar-refractivity contribution in [3.8, 4) is 0 Å². The molecule has 5 nitrogen and oxygen atoms in total. The fourth-order valence-corrected chi connectivity index (χ4v) is 2.32. The van der Waals surface area contributed by atoms with Crippen molar-refractivity contribution in [2.45, 2.75) is 45.6 Å². The van der Waals surface area contributed by atoms with E-state index in [1.807, 2.05) is 6.92 Å². The molecule has 0 aliphatic carbocycles. The van der Waals surface area contributed by atoms with Crippen LogP contribution in [-0.2, 0) is 10.2 Å². The molecule has 2 heterocycles. The number of hydrogen-bond donors (Lipinski definition) is 1. The zero-order valence-corrected chi connectivity index (χ0v) is 12.0. The van der Waals surface area contributed by atoms with Crippen LogP contribution < -0.4 is 0 Å². The van der Waals surface area contributed by atoms with E-state index in [0.717, 1.165) is 12.3 Å². The molecule has 1 aromatic heterocycles. The average molecular weight is 266 g/mol. The number of likely N-dealkylation sites (tertiary alicyclic amines) is 1. The number of carbonyl (C=O) groups is 1. The molecule has 0 aromatic carbocycles. The van der Waals surface area contributed by atoms with Crippen LogP contribution in [-0.4, -0.2) is 34.0 Å². The molecule has 1 fully saturated rings. The van der Waals surface area contributed by atoms with Crippen LogP contribution >= 0.6 is 0 Å². The molecular weight excluding hydrogens is 244 g/mol. The van der Waals surface area contributed by atoms with Crippen LogP contribution in [0.4, 0.5) is 0 Å². The van der Waals surface area contributed by atoms with Crippen molar-refractivity contribution in [1.82, 2.24) is 9.88 Å². The van der Waals surface area contributed by atoms with E-state index in [1.165, 1.54) is 0 Å². The normalized spacial score (nSPS) is 22.6. The van der Waals surface area contributed by atoms with Crippen LogP contribution in [0.5, 0.6) is 0 Å². The van der Waals surface area contributed by atoms with Gasteiger partial charge in [-0.2, -0.15) is 0 Å². The highest BCUT2D eigenvalue weighted by Crippen LogP contribution is 2.30. The summed E-state index contributed by atoms with van der Waals surface area (Å²) in [4.78, 5) is 17.4. The number of carboxylic acids is 1. The van der Waals surface area contributed by atoms with Gasteiger partial charge in [0.15, 0.2) is 0 Å². The quantitative estimate of drug-likeness (QED) is 0.910. The highest BCUT2D eigenvalue weighted by atomic mass is 16.4. The van der Waals surface area contributed by atoms with Gasteiger partial charge in [0, 0.05) is 12.0 Å². The molecule has 106 valence electrons. The Morgan fingerprint density at radius 3 is 2.74 bits per heavy atom. The summed E-state index contributed by atoms with van der Waals surface area (Å²) in [6.45, 7) is 9.62. The minimum Gasteiger partial charge on any atom is -0.481 e. The van der Waals surface area contributed by atoms with Crippen molar-refractivity contribution in [3.63, 3.8) is 0 Å². The van der Waals surface area contributed by atoms with Gasteiger partial charge in [-0.25, -0.2) is 4.98 Å². The van der Waals surface area contributed by atoms with Crippen LogP contribution in [0.2, 0.25) is 0 Å². The Labute approximate surface area is 113 Å². The summed E-state index contributed by atoms with van der Waals surface area (Å²) in [5.74, 6) is 0.566. The molecule has 19 heavy (non-hydrogen) atoms. The van der Waals surface area contributed by atoms with E-state index >= 15 is 0 Å². The second-order valence-electron chi connectivity index (χ2n) is 6.31. The Kier molecular flexibility index (Phi) is 3.67. The molecule has 2 atom stereocenters. The first-order valence-electron chi connectivity index (χ1n) is 6.72. The first-order valence-corrected chi connectivity index (χ1v) is 6.72. The third-order valence-electron chi connectivity index (χ3n) is 3.74. The van der Waals surface area contributed by atoms with Gasteiger partial charge in [-0.15, -0.1) is 0 Å². The van der Waals surface area contributed by atoms with E-state index in [9.17, 15) is 4.79 Å². The molecule has 2 unspecified atom stereocenters. The van der Waals surface area contributed by atoms with Gasteiger partial charge in [0.1, 0.15) is 5.76 Å². The summed E-state index contributed by atoms with van der Waals surface area (Å²) in [6, 6.07) is 0.0282. The second kappa shape index (κ2) is 4.96. The van der Waals surface area contributed by atoms with Gasteiger partial charge >= 0.3 is 5.97 Å². The lowest BCUT2D eigenvalue weighted by molar-refractivity contribution is -0.141. The first-order chi connectivity index (χ1) is 8.79. The number of hydrogen-bond acceptors (Lipinski definition) is 4. The van der Waals surface area contributed by atoms with Crippen LogP contribution in [0.15, 0.2) is 10.6 Å². The smallest absolute Gasteiger partial charge is 0.307 e. The Balaban J connectivity index is 2.06. The lowest BCUT2D eigenvalue weighted by atomic mass is 9.94. The Bertz CT molecular complexity index is 462. The molecule has 1 aliphatic heterocycles. The van der Waals surface area contributed by atoms with Crippen LogP contribution in [0.3, 0.4) is 0 Å². The van der Waals surface area contributed by atoms with Gasteiger partial charge in [-0.3, -0.25) is 9.69 Å². The summed E-state index contributed by atoms with van der Waals surface area (Å²) in [5.41, 5.74) is -0.0560. The van der Waals surface area contributed by atoms with Gasteiger partial charge in [0.2, 0.25) is 5.89 Å². The van der Waals surface area contributed by atoms with Crippen LogP contribution in [0.1, 0.15) is 51.8 Å². The molecule has 0 spiro atoms. The maximum atomic E-state index is 11.0. The number of aliphatic carboxylic acids is 1. The Morgan fingerprint density at radius 2 is 2.26 bits per heavy atom. The zero-order chi connectivity index (χ0) is 14.2. The van der Waals surface area contributed by atoms with Crippen LogP contribution in [0, 0.1) is 5.92 Å². The highest BCUT2D eigenvalue weighted by molar-refractivity contribution is 5.70. The van der Waals surface area contributed by atoms with Gasteiger partial charge in [-0.1, -0.05) is 20.8 Å². The molecule has 2 rings (SSSR count). The maximum Gasteiger partial charge on any atom is 0.307 e. The number of oxazole rings is 1. The number of aromatic nitrogens is 1. The van der Waals surface area contributed by atoms with E-state index in [2.05, 4.69) is 30.7 Å². The van der Waals surface area contributed by atoms with Gasteiger partial charge < -0.3 is 9.52 Å². The number of nitrogens with zero attached hydrogens (tertiary/aromatic N) is 2. The van der Waals surface area contributed by atoms with Crippen molar-refractivity contribution in [2.24, 2.45) is 5.92 Å². The highest BCUT2D eigenvalue weighted by Gasteiger charge is 2.33. The third-order valence-corrected chi connectivity index (χ3v) is 3.74. The van der Waals surface area contributed by atoms with Crippen molar-refractivity contribution >= 4 is 5.97 Å². The predicted molar refractivity (Wildman–Crippen MR) is 70.9 cm³/mol. The number of rotatable bonds is 3. The first kappa shape index (κ1) is 14.1. The van der Waals surface area contributed by atoms with E-state index < -0.39 is 5.97 Å². The van der Waals surface area contributed by atoms with Crippen LogP contribution in [0.25, 0.3) is 0 Å². The van der Waals surface area contributed by atoms with E-state index in [1.54, 1.807) is 6.20 Å². The lowest BCUT2D eigenvalue weighted by Gasteiger charge is -2.21. The minimum absolute atomic E-state index is 0.0282. The summed E-state index contributed by atoms with van der Waals surface area (Å²) in [5, 5.41) is 9.03. The average Bonchev–Trinajstić information content (AvgIpc) is 2.97. The van der Waals surface area contributed by atoms with Gasteiger partial charge in [0.05, 0.1) is 18.2 Å². The second-order valence-corrected chi connectivity index (χ2v) is 6.31.